The van der Waals surface area contributed by atoms with Crippen LogP contribution in [0.1, 0.15) is 51.0 Å². The minimum Gasteiger partial charge on any atom is -0.339 e. The fourth-order valence-corrected chi connectivity index (χ4v) is 3.03. The summed E-state index contributed by atoms with van der Waals surface area (Å²) in [6, 6.07) is 10.9. The summed E-state index contributed by atoms with van der Waals surface area (Å²) in [7, 11) is 0. The number of hydrogen-bond acceptors (Lipinski definition) is 2. The van der Waals surface area contributed by atoms with Crippen LogP contribution in [0.3, 0.4) is 0 Å². The minimum atomic E-state index is 0.254. The number of amides is 1. The van der Waals surface area contributed by atoms with E-state index >= 15 is 0 Å². The Morgan fingerprint density at radius 2 is 1.90 bits per heavy atom. The van der Waals surface area contributed by atoms with Gasteiger partial charge in [0.25, 0.3) is 0 Å². The second-order valence-electron chi connectivity index (χ2n) is 5.93. The third-order valence-corrected chi connectivity index (χ3v) is 4.33. The molecule has 0 heterocycles. The van der Waals surface area contributed by atoms with E-state index < -0.39 is 0 Å². The van der Waals surface area contributed by atoms with E-state index in [-0.39, 0.29) is 5.91 Å². The molecule has 3 nitrogen and oxygen atoms in total. The van der Waals surface area contributed by atoms with E-state index in [9.17, 15) is 4.79 Å². The van der Waals surface area contributed by atoms with Crippen molar-refractivity contribution in [2.24, 2.45) is 0 Å². The zero-order valence-corrected chi connectivity index (χ0v) is 13.2. The van der Waals surface area contributed by atoms with Gasteiger partial charge in [-0.25, -0.2) is 0 Å². The van der Waals surface area contributed by atoms with Gasteiger partial charge >= 0.3 is 0 Å². The number of hydrogen-bond donors (Lipinski definition) is 1. The molecule has 3 heteroatoms. The molecule has 1 aromatic carbocycles. The molecule has 1 aromatic rings. The maximum absolute atomic E-state index is 12.3. The van der Waals surface area contributed by atoms with Crippen LogP contribution in [0.25, 0.3) is 0 Å². The van der Waals surface area contributed by atoms with Crippen molar-refractivity contribution in [3.8, 4) is 0 Å². The summed E-state index contributed by atoms with van der Waals surface area (Å²) >= 11 is 0. The van der Waals surface area contributed by atoms with Crippen molar-refractivity contribution in [1.29, 1.82) is 0 Å². The Morgan fingerprint density at radius 3 is 2.57 bits per heavy atom. The predicted octanol–water partition coefficient (Wildman–Crippen LogP) is 3.35. The van der Waals surface area contributed by atoms with Crippen LogP contribution >= 0.6 is 0 Å². The summed E-state index contributed by atoms with van der Waals surface area (Å²) < 4.78 is 0. The number of carbonyl (C=O) groups is 1. The molecular weight excluding hydrogens is 260 g/mol. The fourth-order valence-electron chi connectivity index (χ4n) is 3.03. The Kier molecular flexibility index (Phi) is 6.74. The van der Waals surface area contributed by atoms with Crippen molar-refractivity contribution in [3.63, 3.8) is 0 Å². The van der Waals surface area contributed by atoms with Gasteiger partial charge in [0.15, 0.2) is 0 Å². The first-order valence-corrected chi connectivity index (χ1v) is 8.34. The predicted molar refractivity (Wildman–Crippen MR) is 87.0 cm³/mol. The summed E-state index contributed by atoms with van der Waals surface area (Å²) in [5, 5.41) is 3.55. The highest BCUT2D eigenvalue weighted by molar-refractivity contribution is 5.76. The van der Waals surface area contributed by atoms with E-state index in [4.69, 9.17) is 0 Å². The second-order valence-corrected chi connectivity index (χ2v) is 5.93. The van der Waals surface area contributed by atoms with Gasteiger partial charge < -0.3 is 10.2 Å². The third-order valence-electron chi connectivity index (χ3n) is 4.33. The van der Waals surface area contributed by atoms with Gasteiger partial charge in [0.05, 0.1) is 0 Å². The lowest BCUT2D eigenvalue weighted by Gasteiger charge is -2.24. The van der Waals surface area contributed by atoms with Gasteiger partial charge in [0.2, 0.25) is 5.91 Å². The van der Waals surface area contributed by atoms with Gasteiger partial charge in [0, 0.05) is 32.1 Å². The summed E-state index contributed by atoms with van der Waals surface area (Å²) in [5.74, 6) is 0.254. The highest BCUT2D eigenvalue weighted by atomic mass is 16.2. The van der Waals surface area contributed by atoms with Gasteiger partial charge in [-0.1, -0.05) is 49.6 Å². The summed E-state index contributed by atoms with van der Waals surface area (Å²) in [6.45, 7) is 4.36. The zero-order chi connectivity index (χ0) is 14.9. The van der Waals surface area contributed by atoms with E-state index in [0.29, 0.717) is 12.5 Å². The van der Waals surface area contributed by atoms with Crippen molar-refractivity contribution < 1.29 is 4.79 Å². The van der Waals surface area contributed by atoms with Crippen molar-refractivity contribution in [1.82, 2.24) is 10.2 Å². The van der Waals surface area contributed by atoms with Crippen molar-refractivity contribution in [2.45, 2.75) is 58.0 Å². The molecule has 21 heavy (non-hydrogen) atoms. The fraction of sp³-hybridized carbons (Fsp3) is 0.611. The minimum absolute atomic E-state index is 0.254. The van der Waals surface area contributed by atoms with Crippen LogP contribution in [0.2, 0.25) is 0 Å². The summed E-state index contributed by atoms with van der Waals surface area (Å²) in [4.78, 5) is 14.2. The average Bonchev–Trinajstić information content (AvgIpc) is 2.54. The van der Waals surface area contributed by atoms with Gasteiger partial charge in [0.1, 0.15) is 0 Å². The van der Waals surface area contributed by atoms with E-state index in [1.54, 1.807) is 0 Å². The Morgan fingerprint density at radius 1 is 1.19 bits per heavy atom. The third kappa shape index (κ3) is 5.50. The largest absolute Gasteiger partial charge is 0.339 e. The van der Waals surface area contributed by atoms with Gasteiger partial charge in [-0.15, -0.1) is 0 Å². The number of carbonyl (C=O) groups excluding carboxylic acids is 1. The van der Waals surface area contributed by atoms with Crippen LogP contribution in [0.5, 0.6) is 0 Å². The monoisotopic (exact) mass is 288 g/mol. The molecule has 1 amide bonds. The molecule has 0 saturated heterocycles. The molecule has 0 radical (unpaired) electrons. The van der Waals surface area contributed by atoms with Gasteiger partial charge in [-0.05, 0) is 25.3 Å². The van der Waals surface area contributed by atoms with E-state index in [2.05, 4.69) is 24.4 Å². The average molecular weight is 288 g/mol. The number of nitrogens with one attached hydrogen (secondary N) is 1. The maximum atomic E-state index is 12.3. The van der Waals surface area contributed by atoms with Crippen LogP contribution in [-0.4, -0.2) is 29.9 Å². The molecule has 0 atom stereocenters. The van der Waals surface area contributed by atoms with Gasteiger partial charge in [-0.3, -0.25) is 4.79 Å². The first kappa shape index (κ1) is 16.0. The molecule has 1 saturated carbocycles. The second kappa shape index (κ2) is 8.83. The first-order chi connectivity index (χ1) is 10.3. The molecule has 116 valence electrons. The molecule has 0 spiro atoms. The summed E-state index contributed by atoms with van der Waals surface area (Å²) in [5.41, 5.74) is 1.20. The normalized spacial score (nSPS) is 15.9. The molecule has 0 aliphatic heterocycles. The number of nitrogens with zero attached hydrogens (tertiary/aromatic N) is 1. The van der Waals surface area contributed by atoms with Crippen molar-refractivity contribution in [3.05, 3.63) is 35.9 Å². The molecule has 1 aliphatic rings. The zero-order valence-electron chi connectivity index (χ0n) is 13.2. The van der Waals surface area contributed by atoms with Crippen LogP contribution < -0.4 is 5.32 Å². The van der Waals surface area contributed by atoms with Crippen LogP contribution in [0.15, 0.2) is 30.3 Å². The molecule has 1 aliphatic carbocycles. The van der Waals surface area contributed by atoms with Crippen LogP contribution in [0.4, 0.5) is 0 Å². The lowest BCUT2D eigenvalue weighted by molar-refractivity contribution is -0.131. The van der Waals surface area contributed by atoms with E-state index in [0.717, 1.165) is 19.6 Å². The molecule has 1 N–H and O–H groups in total. The Balaban J connectivity index is 1.72. The topological polar surface area (TPSA) is 32.3 Å². The molecule has 0 bridgehead atoms. The molecule has 1 fully saturated rings. The number of rotatable bonds is 7. The van der Waals surface area contributed by atoms with Crippen molar-refractivity contribution >= 4 is 5.91 Å². The smallest absolute Gasteiger partial charge is 0.224 e. The Labute approximate surface area is 128 Å². The lowest BCUT2D eigenvalue weighted by atomic mass is 9.95. The highest BCUT2D eigenvalue weighted by Crippen LogP contribution is 2.17. The maximum Gasteiger partial charge on any atom is 0.224 e. The highest BCUT2D eigenvalue weighted by Gasteiger charge is 2.15. The van der Waals surface area contributed by atoms with Gasteiger partial charge in [-0.2, -0.15) is 0 Å². The van der Waals surface area contributed by atoms with Crippen LogP contribution in [-0.2, 0) is 11.3 Å². The molecule has 2 rings (SSSR count). The molecule has 0 aromatic heterocycles. The SMILES string of the molecule is CCN(Cc1ccccc1)C(=O)CCNC1CCCCC1. The standard InChI is InChI=1S/C18H28N2O/c1-2-20(15-16-9-5-3-6-10-16)18(21)13-14-19-17-11-7-4-8-12-17/h3,5-6,9-10,17,19H,2,4,7-8,11-15H2,1H3. The van der Waals surface area contributed by atoms with E-state index in [1.807, 2.05) is 23.1 Å². The number of benzene rings is 1. The first-order valence-electron chi connectivity index (χ1n) is 8.34. The van der Waals surface area contributed by atoms with Crippen molar-refractivity contribution in [2.75, 3.05) is 13.1 Å². The molecular formula is C18H28N2O. The Hall–Kier alpha value is -1.35. The van der Waals surface area contributed by atoms with Crippen LogP contribution in [0, 0.1) is 0 Å². The Bertz CT molecular complexity index is 412. The van der Waals surface area contributed by atoms with E-state index in [1.165, 1.54) is 37.7 Å². The molecule has 0 unspecified atom stereocenters. The quantitative estimate of drug-likeness (QED) is 0.834. The lowest BCUT2D eigenvalue weighted by Crippen LogP contribution is -2.36. The summed E-state index contributed by atoms with van der Waals surface area (Å²) in [6.07, 6.45) is 7.20.